The topological polar surface area (TPSA) is 105 Å². The number of Topliss-reactive ketones (excluding diaryl/α,β-unsaturated/α-hetero) is 1. The SMILES string of the molecule is CC(C)[C@@H](NC(=O)Oc1ccc2c3c1OC1C(=O)CCC4[C@@H](C2)N(C)CC[C@]314)C(=O)O. The molecule has 2 bridgehead atoms. The Kier molecular flexibility index (Phi) is 4.55. The number of likely N-dealkylation sites (N-methyl/N-ethyl adjacent to an activating group) is 1. The molecule has 1 saturated carbocycles. The molecule has 2 heterocycles. The number of carbonyl (C=O) groups excluding carboxylic acids is 2. The van der Waals surface area contributed by atoms with Crippen LogP contribution in [0.5, 0.6) is 11.5 Å². The van der Waals surface area contributed by atoms with Gasteiger partial charge >= 0.3 is 12.1 Å². The first-order valence-electron chi connectivity index (χ1n) is 11.0. The lowest BCUT2D eigenvalue weighted by Gasteiger charge is -2.57. The largest absolute Gasteiger partial charge is 0.480 e. The first kappa shape index (κ1) is 20.3. The van der Waals surface area contributed by atoms with Gasteiger partial charge in [-0.2, -0.15) is 0 Å². The minimum atomic E-state index is -1.12. The molecule has 2 fully saturated rings. The molecule has 5 atom stereocenters. The molecule has 1 spiro atoms. The van der Waals surface area contributed by atoms with Crippen LogP contribution in [-0.4, -0.2) is 59.6 Å². The summed E-state index contributed by atoms with van der Waals surface area (Å²) in [7, 11) is 2.15. The van der Waals surface area contributed by atoms with E-state index in [1.54, 1.807) is 19.9 Å². The molecule has 1 aromatic carbocycles. The third-order valence-electron chi connectivity index (χ3n) is 7.78. The van der Waals surface area contributed by atoms with Crippen LogP contribution >= 0.6 is 0 Å². The van der Waals surface area contributed by atoms with Crippen LogP contribution in [0.15, 0.2) is 12.1 Å². The smallest absolute Gasteiger partial charge is 0.413 e. The van der Waals surface area contributed by atoms with Crippen LogP contribution < -0.4 is 14.8 Å². The Morgan fingerprint density at radius 2 is 2.13 bits per heavy atom. The van der Waals surface area contributed by atoms with Gasteiger partial charge in [0.15, 0.2) is 23.4 Å². The first-order chi connectivity index (χ1) is 14.7. The molecule has 4 aliphatic rings. The second-order valence-corrected chi connectivity index (χ2v) is 9.67. The fourth-order valence-corrected chi connectivity index (χ4v) is 6.36. The van der Waals surface area contributed by atoms with E-state index in [4.69, 9.17) is 9.47 Å². The Morgan fingerprint density at radius 1 is 1.35 bits per heavy atom. The number of ketones is 1. The summed E-state index contributed by atoms with van der Waals surface area (Å²) < 4.78 is 11.8. The van der Waals surface area contributed by atoms with Crippen LogP contribution in [0.1, 0.15) is 44.2 Å². The lowest BCUT2D eigenvalue weighted by molar-refractivity contribution is -0.140. The zero-order valence-electron chi connectivity index (χ0n) is 18.0. The number of carboxylic acid groups (broad SMARTS) is 1. The molecule has 2 aliphatic carbocycles. The summed E-state index contributed by atoms with van der Waals surface area (Å²) in [4.78, 5) is 39.2. The van der Waals surface area contributed by atoms with Crippen LogP contribution in [0.25, 0.3) is 0 Å². The molecule has 0 aromatic heterocycles. The number of aliphatic carboxylic acids is 1. The normalized spacial score (nSPS) is 31.6. The number of carbonyl (C=O) groups is 3. The summed E-state index contributed by atoms with van der Waals surface area (Å²) in [5, 5.41) is 11.8. The number of hydrogen-bond acceptors (Lipinski definition) is 6. The number of nitrogens with zero attached hydrogens (tertiary/aromatic N) is 1. The minimum Gasteiger partial charge on any atom is -0.480 e. The molecule has 1 aromatic rings. The van der Waals surface area contributed by atoms with Gasteiger partial charge in [0.05, 0.1) is 0 Å². The molecule has 8 nitrogen and oxygen atoms in total. The van der Waals surface area contributed by atoms with Gasteiger partial charge in [0.2, 0.25) is 0 Å². The first-order valence-corrected chi connectivity index (χ1v) is 11.0. The van der Waals surface area contributed by atoms with Crippen molar-refractivity contribution in [2.75, 3.05) is 13.6 Å². The molecule has 5 rings (SSSR count). The van der Waals surface area contributed by atoms with Crippen LogP contribution in [0.4, 0.5) is 4.79 Å². The third-order valence-corrected chi connectivity index (χ3v) is 7.78. The monoisotopic (exact) mass is 428 g/mol. The Hall–Kier alpha value is -2.61. The zero-order chi connectivity index (χ0) is 22.1. The highest BCUT2D eigenvalue weighted by atomic mass is 16.6. The Morgan fingerprint density at radius 3 is 2.84 bits per heavy atom. The summed E-state index contributed by atoms with van der Waals surface area (Å²) in [5.41, 5.74) is 1.83. The van der Waals surface area contributed by atoms with Crippen molar-refractivity contribution in [3.05, 3.63) is 23.3 Å². The van der Waals surface area contributed by atoms with Gasteiger partial charge in [-0.15, -0.1) is 0 Å². The van der Waals surface area contributed by atoms with Gasteiger partial charge in [0.25, 0.3) is 0 Å². The predicted octanol–water partition coefficient (Wildman–Crippen LogP) is 2.12. The van der Waals surface area contributed by atoms with E-state index in [0.717, 1.165) is 36.9 Å². The summed E-state index contributed by atoms with van der Waals surface area (Å²) >= 11 is 0. The van der Waals surface area contributed by atoms with Gasteiger partial charge in [0.1, 0.15) is 6.04 Å². The van der Waals surface area contributed by atoms with E-state index in [1.807, 2.05) is 6.07 Å². The maximum absolute atomic E-state index is 12.9. The number of likely N-dealkylation sites (tertiary alicyclic amines) is 1. The van der Waals surface area contributed by atoms with Crippen molar-refractivity contribution in [2.45, 2.75) is 63.1 Å². The number of hydrogen-bond donors (Lipinski definition) is 2. The maximum Gasteiger partial charge on any atom is 0.413 e. The fourth-order valence-electron chi connectivity index (χ4n) is 6.36. The molecule has 2 unspecified atom stereocenters. The van der Waals surface area contributed by atoms with Gasteiger partial charge < -0.3 is 24.8 Å². The number of benzene rings is 1. The summed E-state index contributed by atoms with van der Waals surface area (Å²) in [6.45, 7) is 4.33. The van der Waals surface area contributed by atoms with Gasteiger partial charge in [-0.1, -0.05) is 19.9 Å². The Bertz CT molecular complexity index is 975. The highest BCUT2D eigenvalue weighted by Crippen LogP contribution is 2.63. The van der Waals surface area contributed by atoms with Crippen molar-refractivity contribution in [2.24, 2.45) is 11.8 Å². The van der Waals surface area contributed by atoms with Gasteiger partial charge in [-0.05, 0) is 56.3 Å². The molecule has 1 amide bonds. The Labute approximate surface area is 180 Å². The van der Waals surface area contributed by atoms with E-state index < -0.39 is 24.2 Å². The summed E-state index contributed by atoms with van der Waals surface area (Å²) in [6.07, 6.45) is 1.71. The second kappa shape index (κ2) is 6.95. The lowest BCUT2D eigenvalue weighted by Crippen LogP contribution is -2.65. The lowest BCUT2D eigenvalue weighted by atomic mass is 9.52. The van der Waals surface area contributed by atoms with Crippen molar-refractivity contribution in [3.63, 3.8) is 0 Å². The highest BCUT2D eigenvalue weighted by Gasteiger charge is 2.65. The zero-order valence-corrected chi connectivity index (χ0v) is 18.0. The van der Waals surface area contributed by atoms with Crippen LogP contribution in [0.3, 0.4) is 0 Å². The maximum atomic E-state index is 12.9. The van der Waals surface area contributed by atoms with Crippen molar-refractivity contribution in [1.82, 2.24) is 10.2 Å². The van der Waals surface area contributed by atoms with E-state index in [-0.39, 0.29) is 22.9 Å². The van der Waals surface area contributed by atoms with Gasteiger partial charge in [-0.3, -0.25) is 4.79 Å². The molecule has 1 saturated heterocycles. The minimum absolute atomic E-state index is 0.116. The van der Waals surface area contributed by atoms with Crippen LogP contribution in [0.2, 0.25) is 0 Å². The van der Waals surface area contributed by atoms with Crippen molar-refractivity contribution in [1.29, 1.82) is 0 Å². The standard InChI is InChI=1S/C23H28N2O6/c1-11(2)18(21(27)28)24-22(29)30-16-7-4-12-10-14-13-5-6-15(26)20-23(13,8-9-25(14)3)17(12)19(16)31-20/h4,7,11,13-14,18,20H,5-6,8-10H2,1-3H3,(H,24,29)(H,27,28)/t13?,14-,18-,20?,23+/m1/s1. The number of carboxylic acids is 1. The van der Waals surface area contributed by atoms with E-state index in [1.165, 1.54) is 0 Å². The van der Waals surface area contributed by atoms with E-state index >= 15 is 0 Å². The van der Waals surface area contributed by atoms with Crippen LogP contribution in [0, 0.1) is 11.8 Å². The highest BCUT2D eigenvalue weighted by molar-refractivity contribution is 5.89. The van der Waals surface area contributed by atoms with E-state index in [2.05, 4.69) is 17.3 Å². The molecule has 166 valence electrons. The summed E-state index contributed by atoms with van der Waals surface area (Å²) in [6, 6.07) is 2.99. The van der Waals surface area contributed by atoms with Crippen LogP contribution in [-0.2, 0) is 21.4 Å². The third kappa shape index (κ3) is 2.80. The van der Waals surface area contributed by atoms with Crippen molar-refractivity contribution in [3.8, 4) is 11.5 Å². The van der Waals surface area contributed by atoms with Crippen molar-refractivity contribution < 1.29 is 29.0 Å². The molecule has 0 radical (unpaired) electrons. The number of nitrogens with one attached hydrogen (secondary N) is 1. The fraction of sp³-hybridized carbons (Fsp3) is 0.609. The Balaban J connectivity index is 1.52. The molecule has 2 N–H and O–H groups in total. The van der Waals surface area contributed by atoms with E-state index in [9.17, 15) is 19.5 Å². The number of amides is 1. The molecule has 8 heteroatoms. The average Bonchev–Trinajstić information content (AvgIpc) is 3.07. The summed E-state index contributed by atoms with van der Waals surface area (Å²) in [5.74, 6) is -0.229. The molecular weight excluding hydrogens is 400 g/mol. The second-order valence-electron chi connectivity index (χ2n) is 9.67. The molecule has 2 aliphatic heterocycles. The van der Waals surface area contributed by atoms with Gasteiger partial charge in [0, 0.05) is 23.4 Å². The number of rotatable bonds is 4. The van der Waals surface area contributed by atoms with Crippen molar-refractivity contribution >= 4 is 17.8 Å². The molecular formula is C23H28N2O6. The van der Waals surface area contributed by atoms with Gasteiger partial charge in [-0.25, -0.2) is 9.59 Å². The number of ether oxygens (including phenoxy) is 2. The quantitative estimate of drug-likeness (QED) is 0.757. The predicted molar refractivity (Wildman–Crippen MR) is 110 cm³/mol. The average molecular weight is 428 g/mol. The molecule has 31 heavy (non-hydrogen) atoms. The van der Waals surface area contributed by atoms with E-state index in [0.29, 0.717) is 24.1 Å². The number of piperidine rings is 1.